The summed E-state index contributed by atoms with van der Waals surface area (Å²) in [5.74, 6) is 1.34. The number of hydrogen-bond acceptors (Lipinski definition) is 5. The Morgan fingerprint density at radius 2 is 1.94 bits per heavy atom. The molecule has 0 bridgehead atoms. The lowest BCUT2D eigenvalue weighted by atomic mass is 9.95. The zero-order valence-corrected chi connectivity index (χ0v) is 18.6. The van der Waals surface area contributed by atoms with E-state index in [2.05, 4.69) is 83.3 Å². The smallest absolute Gasteiger partial charge is 0.223 e. The van der Waals surface area contributed by atoms with Crippen LogP contribution in [-0.4, -0.2) is 35.6 Å². The fourth-order valence-electron chi connectivity index (χ4n) is 4.08. The van der Waals surface area contributed by atoms with Gasteiger partial charge in [-0.15, -0.1) is 0 Å². The molecule has 0 aliphatic carbocycles. The van der Waals surface area contributed by atoms with Crippen LogP contribution in [0.3, 0.4) is 0 Å². The number of benzene rings is 2. The Morgan fingerprint density at radius 3 is 2.77 bits per heavy atom. The Bertz CT molecular complexity index is 970. The van der Waals surface area contributed by atoms with E-state index in [1.165, 1.54) is 23.1 Å². The molecule has 1 aromatic heterocycles. The number of anilines is 1. The Labute approximate surface area is 185 Å². The predicted molar refractivity (Wildman–Crippen MR) is 128 cm³/mol. The molecule has 2 atom stereocenters. The van der Waals surface area contributed by atoms with Gasteiger partial charge in [0.25, 0.3) is 0 Å². The second-order valence-corrected chi connectivity index (χ2v) is 8.59. The van der Waals surface area contributed by atoms with E-state index in [0.29, 0.717) is 17.9 Å². The van der Waals surface area contributed by atoms with Crippen molar-refractivity contribution in [1.82, 2.24) is 20.6 Å². The van der Waals surface area contributed by atoms with E-state index in [0.717, 1.165) is 43.9 Å². The van der Waals surface area contributed by atoms with Gasteiger partial charge in [-0.3, -0.25) is 0 Å². The van der Waals surface area contributed by atoms with Gasteiger partial charge in [0.1, 0.15) is 0 Å². The van der Waals surface area contributed by atoms with Crippen molar-refractivity contribution in [2.24, 2.45) is 5.92 Å². The molecule has 3 aromatic rings. The molecule has 0 amide bonds. The minimum atomic E-state index is 0.577. The van der Waals surface area contributed by atoms with Gasteiger partial charge in [-0.2, -0.15) is 0 Å². The van der Waals surface area contributed by atoms with Crippen molar-refractivity contribution < 1.29 is 0 Å². The van der Waals surface area contributed by atoms with Gasteiger partial charge in [0.2, 0.25) is 5.95 Å². The second kappa shape index (κ2) is 10.5. The normalized spacial score (nSPS) is 18.6. The quantitative estimate of drug-likeness (QED) is 0.515. The van der Waals surface area contributed by atoms with E-state index in [1.807, 2.05) is 12.3 Å². The second-order valence-electron chi connectivity index (χ2n) is 8.59. The number of aryl methyl sites for hydroxylation is 1. The Hall–Kier alpha value is -2.76. The van der Waals surface area contributed by atoms with Gasteiger partial charge in [-0.25, -0.2) is 9.97 Å². The van der Waals surface area contributed by atoms with E-state index < -0.39 is 0 Å². The van der Waals surface area contributed by atoms with Crippen molar-refractivity contribution in [1.29, 1.82) is 0 Å². The molecule has 0 spiro atoms. The lowest BCUT2D eigenvalue weighted by Crippen LogP contribution is -2.45. The van der Waals surface area contributed by atoms with Crippen LogP contribution < -0.4 is 16.0 Å². The summed E-state index contributed by atoms with van der Waals surface area (Å²) in [5, 5.41) is 10.6. The number of rotatable bonds is 8. The van der Waals surface area contributed by atoms with Crippen LogP contribution in [0.4, 0.5) is 5.95 Å². The van der Waals surface area contributed by atoms with Crippen molar-refractivity contribution in [3.63, 3.8) is 0 Å². The fraction of sp³-hybridized carbons (Fsp3) is 0.385. The third-order valence-electron chi connectivity index (χ3n) is 6.05. The van der Waals surface area contributed by atoms with Gasteiger partial charge in [0, 0.05) is 30.9 Å². The van der Waals surface area contributed by atoms with Gasteiger partial charge in [0.15, 0.2) is 0 Å². The number of nitrogens with zero attached hydrogens (tertiary/aromatic N) is 2. The van der Waals surface area contributed by atoms with Crippen molar-refractivity contribution in [3.05, 3.63) is 77.5 Å². The van der Waals surface area contributed by atoms with Crippen LogP contribution in [0.1, 0.15) is 30.0 Å². The van der Waals surface area contributed by atoms with Crippen molar-refractivity contribution >= 4 is 5.95 Å². The van der Waals surface area contributed by atoms with E-state index >= 15 is 0 Å². The SMILES string of the molecule is Cc1ccc(CCNc2nccc(-c3cccc(CN[C@@H]4CCNC[C@H]4C)c3)n2)cc1. The molecular formula is C26H33N5. The summed E-state index contributed by atoms with van der Waals surface area (Å²) in [5.41, 5.74) is 5.97. The third kappa shape index (κ3) is 6.12. The molecule has 4 rings (SSSR count). The van der Waals surface area contributed by atoms with Crippen molar-refractivity contribution in [3.8, 4) is 11.3 Å². The Balaban J connectivity index is 1.35. The monoisotopic (exact) mass is 415 g/mol. The van der Waals surface area contributed by atoms with E-state index in [4.69, 9.17) is 4.98 Å². The highest BCUT2D eigenvalue weighted by molar-refractivity contribution is 5.60. The Morgan fingerprint density at radius 1 is 1.06 bits per heavy atom. The highest BCUT2D eigenvalue weighted by Crippen LogP contribution is 2.20. The van der Waals surface area contributed by atoms with Crippen LogP contribution in [-0.2, 0) is 13.0 Å². The van der Waals surface area contributed by atoms with Crippen LogP contribution in [0, 0.1) is 12.8 Å². The average Bonchev–Trinajstić information content (AvgIpc) is 2.80. The van der Waals surface area contributed by atoms with Crippen molar-refractivity contribution in [2.75, 3.05) is 25.0 Å². The number of nitrogens with one attached hydrogen (secondary N) is 3. The molecule has 0 unspecified atom stereocenters. The predicted octanol–water partition coefficient (Wildman–Crippen LogP) is 4.19. The third-order valence-corrected chi connectivity index (χ3v) is 6.05. The molecule has 162 valence electrons. The molecule has 1 aliphatic heterocycles. The molecule has 1 fully saturated rings. The van der Waals surface area contributed by atoms with E-state index in [-0.39, 0.29) is 0 Å². The standard InChI is InChI=1S/C26H33N5/c1-19-6-8-21(9-7-19)10-14-28-26-29-15-12-25(31-26)23-5-3-4-22(16-23)18-30-24-11-13-27-17-20(24)2/h3-9,12,15-16,20,24,27,30H,10-11,13-14,17-18H2,1-2H3,(H,28,29,31)/t20-,24-/m1/s1. The highest BCUT2D eigenvalue weighted by Gasteiger charge is 2.20. The maximum atomic E-state index is 4.74. The molecule has 1 aliphatic rings. The van der Waals surface area contributed by atoms with Gasteiger partial charge < -0.3 is 16.0 Å². The molecule has 1 saturated heterocycles. The largest absolute Gasteiger partial charge is 0.354 e. The zero-order valence-electron chi connectivity index (χ0n) is 18.6. The summed E-state index contributed by atoms with van der Waals surface area (Å²) in [4.78, 5) is 9.14. The summed E-state index contributed by atoms with van der Waals surface area (Å²) >= 11 is 0. The van der Waals surface area contributed by atoms with Crippen LogP contribution >= 0.6 is 0 Å². The summed E-state index contributed by atoms with van der Waals surface area (Å²) in [7, 11) is 0. The number of hydrogen-bond donors (Lipinski definition) is 3. The lowest BCUT2D eigenvalue weighted by molar-refractivity contribution is 0.295. The first-order chi connectivity index (χ1) is 15.2. The molecule has 2 heterocycles. The molecule has 0 saturated carbocycles. The maximum absolute atomic E-state index is 4.74. The minimum absolute atomic E-state index is 0.577. The summed E-state index contributed by atoms with van der Waals surface area (Å²) < 4.78 is 0. The molecular weight excluding hydrogens is 382 g/mol. The van der Waals surface area contributed by atoms with E-state index in [9.17, 15) is 0 Å². The van der Waals surface area contributed by atoms with Gasteiger partial charge >= 0.3 is 0 Å². The lowest BCUT2D eigenvalue weighted by Gasteiger charge is -2.30. The minimum Gasteiger partial charge on any atom is -0.354 e. The number of piperidine rings is 1. The first-order valence-corrected chi connectivity index (χ1v) is 11.3. The molecule has 31 heavy (non-hydrogen) atoms. The fourth-order valence-corrected chi connectivity index (χ4v) is 4.08. The zero-order chi connectivity index (χ0) is 21.5. The van der Waals surface area contributed by atoms with Gasteiger partial charge in [-0.05, 0) is 62.0 Å². The first-order valence-electron chi connectivity index (χ1n) is 11.3. The molecule has 5 nitrogen and oxygen atoms in total. The van der Waals surface area contributed by atoms with E-state index in [1.54, 1.807) is 0 Å². The summed E-state index contributed by atoms with van der Waals surface area (Å²) in [6, 6.07) is 19.9. The molecule has 5 heteroatoms. The van der Waals surface area contributed by atoms with Crippen LogP contribution in [0.15, 0.2) is 60.8 Å². The van der Waals surface area contributed by atoms with Gasteiger partial charge in [0.05, 0.1) is 5.69 Å². The van der Waals surface area contributed by atoms with Crippen LogP contribution in [0.5, 0.6) is 0 Å². The Kier molecular flexibility index (Phi) is 7.28. The molecule has 0 radical (unpaired) electrons. The van der Waals surface area contributed by atoms with Crippen LogP contribution in [0.25, 0.3) is 11.3 Å². The van der Waals surface area contributed by atoms with Gasteiger partial charge in [-0.1, -0.05) is 55.0 Å². The molecule has 3 N–H and O–H groups in total. The summed E-state index contributed by atoms with van der Waals surface area (Å²) in [6.45, 7) is 8.32. The van der Waals surface area contributed by atoms with Crippen molar-refractivity contribution in [2.45, 2.75) is 39.3 Å². The molecule has 2 aromatic carbocycles. The average molecular weight is 416 g/mol. The number of aromatic nitrogens is 2. The first kappa shape index (κ1) is 21.5. The maximum Gasteiger partial charge on any atom is 0.223 e. The summed E-state index contributed by atoms with van der Waals surface area (Å²) in [6.07, 6.45) is 3.96. The highest BCUT2D eigenvalue weighted by atomic mass is 15.1. The van der Waals surface area contributed by atoms with Crippen LogP contribution in [0.2, 0.25) is 0 Å². The topological polar surface area (TPSA) is 61.9 Å².